The number of aromatic nitrogens is 1. The van der Waals surface area contributed by atoms with Crippen LogP contribution in [0.3, 0.4) is 0 Å². The van der Waals surface area contributed by atoms with E-state index in [1.807, 2.05) is 36.4 Å². The number of hydrogen-bond acceptors (Lipinski definition) is 6. The zero-order valence-electron chi connectivity index (χ0n) is 14.1. The molecule has 4 rings (SSSR count). The third-order valence-electron chi connectivity index (χ3n) is 4.39. The number of rotatable bonds is 5. The molecule has 134 valence electrons. The van der Waals surface area contributed by atoms with E-state index >= 15 is 0 Å². The van der Waals surface area contributed by atoms with Crippen LogP contribution in [0.5, 0.6) is 11.5 Å². The molecule has 26 heavy (non-hydrogen) atoms. The summed E-state index contributed by atoms with van der Waals surface area (Å²) in [7, 11) is 0. The Morgan fingerprint density at radius 3 is 2.85 bits per heavy atom. The summed E-state index contributed by atoms with van der Waals surface area (Å²) in [6, 6.07) is 11.1. The van der Waals surface area contributed by atoms with Gasteiger partial charge in [0.25, 0.3) is 5.91 Å². The van der Waals surface area contributed by atoms with Crippen molar-refractivity contribution in [3.63, 3.8) is 0 Å². The zero-order valence-corrected chi connectivity index (χ0v) is 14.1. The lowest BCUT2D eigenvalue weighted by atomic mass is 10.1. The molecule has 0 bridgehead atoms. The molecular weight excluding hydrogens is 336 g/mol. The van der Waals surface area contributed by atoms with Crippen LogP contribution in [-0.4, -0.2) is 34.7 Å². The van der Waals surface area contributed by atoms with Crippen molar-refractivity contribution >= 4 is 11.9 Å². The number of hydrogen-bond donors (Lipinski definition) is 0. The van der Waals surface area contributed by atoms with E-state index in [2.05, 4.69) is 4.98 Å². The van der Waals surface area contributed by atoms with Gasteiger partial charge in [-0.25, -0.2) is 0 Å². The highest BCUT2D eigenvalue weighted by Crippen LogP contribution is 2.36. The minimum absolute atomic E-state index is 0.167. The van der Waals surface area contributed by atoms with Crippen molar-refractivity contribution in [2.24, 2.45) is 0 Å². The van der Waals surface area contributed by atoms with Crippen molar-refractivity contribution < 1.29 is 23.8 Å². The number of carbonyl (C=O) groups excluding carboxylic acids is 2. The Hall–Kier alpha value is -3.09. The van der Waals surface area contributed by atoms with E-state index in [0.29, 0.717) is 31.0 Å². The average Bonchev–Trinajstić information content (AvgIpc) is 3.31. The molecule has 7 heteroatoms. The lowest BCUT2D eigenvalue weighted by Gasteiger charge is -2.25. The van der Waals surface area contributed by atoms with Crippen molar-refractivity contribution in [3.8, 4) is 11.5 Å². The van der Waals surface area contributed by atoms with E-state index in [9.17, 15) is 9.59 Å². The second kappa shape index (κ2) is 7.03. The Morgan fingerprint density at radius 1 is 1.15 bits per heavy atom. The summed E-state index contributed by atoms with van der Waals surface area (Å²) < 4.78 is 16.1. The van der Waals surface area contributed by atoms with E-state index in [1.54, 1.807) is 11.1 Å². The third kappa shape index (κ3) is 3.33. The molecule has 2 aromatic rings. The van der Waals surface area contributed by atoms with Gasteiger partial charge in [-0.05, 0) is 18.2 Å². The number of amides is 1. The van der Waals surface area contributed by atoms with Crippen LogP contribution < -0.4 is 9.47 Å². The van der Waals surface area contributed by atoms with Gasteiger partial charge in [0, 0.05) is 31.1 Å². The highest BCUT2D eigenvalue weighted by atomic mass is 16.7. The van der Waals surface area contributed by atoms with Gasteiger partial charge in [0.15, 0.2) is 17.6 Å². The molecule has 0 spiro atoms. The number of fused-ring (bicyclic) bond motifs is 1. The topological polar surface area (TPSA) is 78.0 Å². The fourth-order valence-corrected chi connectivity index (χ4v) is 3.12. The molecule has 7 nitrogen and oxygen atoms in total. The van der Waals surface area contributed by atoms with Gasteiger partial charge in [-0.3, -0.25) is 14.6 Å². The van der Waals surface area contributed by atoms with Crippen LogP contribution >= 0.6 is 0 Å². The normalized spacial score (nSPS) is 17.8. The first kappa shape index (κ1) is 16.4. The van der Waals surface area contributed by atoms with E-state index < -0.39 is 6.10 Å². The lowest BCUT2D eigenvalue weighted by molar-refractivity contribution is -0.153. The standard InChI is InChI=1S/C19H18N2O5/c22-17-8-7-16(26-17)19(23)21(11-14-5-1-2-9-20-14)10-13-4-3-6-15-18(13)25-12-24-15/h1-6,9,16H,7-8,10-12H2/t16-/m0/s1. The van der Waals surface area contributed by atoms with E-state index in [0.717, 1.165) is 11.3 Å². The Balaban J connectivity index is 1.59. The van der Waals surface area contributed by atoms with Gasteiger partial charge in [-0.15, -0.1) is 0 Å². The minimum atomic E-state index is -0.736. The predicted octanol–water partition coefficient (Wildman–Crippen LogP) is 2.04. The molecule has 0 N–H and O–H groups in total. The molecule has 2 aliphatic rings. The highest BCUT2D eigenvalue weighted by Gasteiger charge is 2.34. The molecule has 3 heterocycles. The average molecular weight is 354 g/mol. The molecule has 1 amide bonds. The van der Waals surface area contributed by atoms with Crippen LogP contribution in [0.15, 0.2) is 42.6 Å². The Bertz CT molecular complexity index is 824. The fraction of sp³-hybridized carbons (Fsp3) is 0.316. The summed E-state index contributed by atoms with van der Waals surface area (Å²) in [6.07, 6.45) is 1.62. The Labute approximate surface area is 150 Å². The Morgan fingerprint density at radius 2 is 2.08 bits per heavy atom. The van der Waals surface area contributed by atoms with Gasteiger partial charge < -0.3 is 19.1 Å². The maximum absolute atomic E-state index is 12.9. The minimum Gasteiger partial charge on any atom is -0.454 e. The van der Waals surface area contributed by atoms with Gasteiger partial charge in [-0.2, -0.15) is 0 Å². The van der Waals surface area contributed by atoms with Gasteiger partial charge in [0.2, 0.25) is 6.79 Å². The van der Waals surface area contributed by atoms with Crippen LogP contribution in [0, 0.1) is 0 Å². The molecule has 0 radical (unpaired) electrons. The highest BCUT2D eigenvalue weighted by molar-refractivity contribution is 5.86. The fourth-order valence-electron chi connectivity index (χ4n) is 3.12. The van der Waals surface area contributed by atoms with E-state index in [4.69, 9.17) is 14.2 Å². The lowest BCUT2D eigenvalue weighted by Crippen LogP contribution is -2.38. The molecular formula is C19H18N2O5. The summed E-state index contributed by atoms with van der Waals surface area (Å²) in [4.78, 5) is 30.3. The van der Waals surface area contributed by atoms with Crippen molar-refractivity contribution in [2.75, 3.05) is 6.79 Å². The summed E-state index contributed by atoms with van der Waals surface area (Å²) >= 11 is 0. The number of nitrogens with zero attached hydrogens (tertiary/aromatic N) is 2. The van der Waals surface area contributed by atoms with Gasteiger partial charge in [0.1, 0.15) is 0 Å². The number of cyclic esters (lactones) is 1. The maximum Gasteiger partial charge on any atom is 0.306 e. The zero-order chi connectivity index (χ0) is 17.9. The summed E-state index contributed by atoms with van der Waals surface area (Å²) in [5, 5.41) is 0. The van der Waals surface area contributed by atoms with Gasteiger partial charge >= 0.3 is 5.97 Å². The van der Waals surface area contributed by atoms with Crippen molar-refractivity contribution in [3.05, 3.63) is 53.9 Å². The van der Waals surface area contributed by atoms with Crippen molar-refractivity contribution in [2.45, 2.75) is 32.0 Å². The number of benzene rings is 1. The molecule has 1 fully saturated rings. The summed E-state index contributed by atoms with van der Waals surface area (Å²) in [6.45, 7) is 0.801. The van der Waals surface area contributed by atoms with Crippen molar-refractivity contribution in [1.82, 2.24) is 9.88 Å². The first-order valence-electron chi connectivity index (χ1n) is 8.46. The smallest absolute Gasteiger partial charge is 0.306 e. The number of carbonyl (C=O) groups is 2. The largest absolute Gasteiger partial charge is 0.454 e. The van der Waals surface area contributed by atoms with E-state index in [1.165, 1.54) is 0 Å². The molecule has 0 saturated carbocycles. The number of para-hydroxylation sites is 1. The molecule has 1 aromatic heterocycles. The molecule has 0 unspecified atom stereocenters. The number of ether oxygens (including phenoxy) is 3. The number of pyridine rings is 1. The second-order valence-corrected chi connectivity index (χ2v) is 6.18. The SMILES string of the molecule is O=C1CC[C@@H](C(=O)N(Cc2ccccn2)Cc2cccc3c2OCO3)O1. The quantitative estimate of drug-likeness (QED) is 0.765. The van der Waals surface area contributed by atoms with E-state index in [-0.39, 0.29) is 25.1 Å². The maximum atomic E-state index is 12.9. The van der Waals surface area contributed by atoms with Crippen molar-refractivity contribution in [1.29, 1.82) is 0 Å². The summed E-state index contributed by atoms with van der Waals surface area (Å²) in [5.74, 6) is 0.756. The summed E-state index contributed by atoms with van der Waals surface area (Å²) in [5.41, 5.74) is 1.60. The van der Waals surface area contributed by atoms with Gasteiger partial charge in [-0.1, -0.05) is 18.2 Å². The van der Waals surface area contributed by atoms with Crippen LogP contribution in [0.25, 0.3) is 0 Å². The first-order chi connectivity index (χ1) is 12.7. The number of esters is 1. The van der Waals surface area contributed by atoms with Crippen LogP contribution in [0.4, 0.5) is 0 Å². The molecule has 2 aliphatic heterocycles. The molecule has 0 aliphatic carbocycles. The van der Waals surface area contributed by atoms with Crippen LogP contribution in [-0.2, 0) is 27.4 Å². The van der Waals surface area contributed by atoms with Crippen LogP contribution in [0.2, 0.25) is 0 Å². The Kier molecular flexibility index (Phi) is 4.43. The van der Waals surface area contributed by atoms with Gasteiger partial charge in [0.05, 0.1) is 12.2 Å². The monoisotopic (exact) mass is 354 g/mol. The first-order valence-corrected chi connectivity index (χ1v) is 8.46. The third-order valence-corrected chi connectivity index (χ3v) is 4.39. The van der Waals surface area contributed by atoms with Crippen LogP contribution in [0.1, 0.15) is 24.1 Å². The molecule has 1 saturated heterocycles. The molecule has 1 atom stereocenters. The second-order valence-electron chi connectivity index (χ2n) is 6.18. The predicted molar refractivity (Wildman–Crippen MR) is 90.2 cm³/mol. The molecule has 1 aromatic carbocycles.